The van der Waals surface area contributed by atoms with E-state index in [1.54, 1.807) is 15.8 Å². The van der Waals surface area contributed by atoms with Crippen molar-refractivity contribution in [2.75, 3.05) is 13.1 Å². The Morgan fingerprint density at radius 1 is 1.05 bits per heavy atom. The lowest BCUT2D eigenvalue weighted by atomic mass is 10.0. The highest BCUT2D eigenvalue weighted by molar-refractivity contribution is 9.10. The number of rotatable bonds is 2. The van der Waals surface area contributed by atoms with Crippen molar-refractivity contribution in [3.63, 3.8) is 0 Å². The molecule has 20 heavy (non-hydrogen) atoms. The molecule has 6 heteroatoms. The molecule has 2 aromatic rings. The van der Waals surface area contributed by atoms with Crippen molar-refractivity contribution in [2.45, 2.75) is 17.1 Å². The minimum Gasteiger partial charge on any atom is -0.206 e. The van der Waals surface area contributed by atoms with E-state index >= 15 is 0 Å². The van der Waals surface area contributed by atoms with Gasteiger partial charge in [-0.15, -0.1) is 11.3 Å². The molecule has 0 radical (unpaired) electrons. The predicted molar refractivity (Wildman–Crippen MR) is 84.6 cm³/mol. The van der Waals surface area contributed by atoms with Crippen LogP contribution in [0.5, 0.6) is 0 Å². The first-order valence-electron chi connectivity index (χ1n) is 6.39. The Kier molecular flexibility index (Phi) is 3.99. The Morgan fingerprint density at radius 3 is 2.15 bits per heavy atom. The fourth-order valence-electron chi connectivity index (χ4n) is 2.47. The smallest absolute Gasteiger partial charge is 0.206 e. The summed E-state index contributed by atoms with van der Waals surface area (Å²) in [5.74, 6) is 0. The molecule has 1 aliphatic heterocycles. The summed E-state index contributed by atoms with van der Waals surface area (Å²) in [4.78, 5) is 0. The third-order valence-electron chi connectivity index (χ3n) is 3.54. The van der Waals surface area contributed by atoms with Gasteiger partial charge in [-0.1, -0.05) is 24.3 Å². The standard InChI is InChI=1S/C14H14BrNO2S2/c15-13-7-10-19-14(13)20(17,18)16-8-5-11-3-1-2-4-12(11)6-9-16/h1-4,7,10H,5-6,8-9H2. The maximum absolute atomic E-state index is 12.7. The first-order valence-corrected chi connectivity index (χ1v) is 9.50. The maximum atomic E-state index is 12.7. The van der Waals surface area contributed by atoms with Gasteiger partial charge in [-0.3, -0.25) is 0 Å². The summed E-state index contributed by atoms with van der Waals surface area (Å²) < 4.78 is 28.0. The summed E-state index contributed by atoms with van der Waals surface area (Å²) in [5, 5.41) is 1.80. The highest BCUT2D eigenvalue weighted by Crippen LogP contribution is 2.31. The number of halogens is 1. The molecule has 0 fully saturated rings. The second-order valence-electron chi connectivity index (χ2n) is 4.73. The molecule has 0 amide bonds. The summed E-state index contributed by atoms with van der Waals surface area (Å²) in [6, 6.07) is 9.99. The van der Waals surface area contributed by atoms with Crippen molar-refractivity contribution >= 4 is 37.3 Å². The Labute approximate surface area is 131 Å². The van der Waals surface area contributed by atoms with Crippen LogP contribution >= 0.6 is 27.3 Å². The quantitative estimate of drug-likeness (QED) is 0.811. The molecule has 0 N–H and O–H groups in total. The van der Waals surface area contributed by atoms with E-state index in [0.29, 0.717) is 21.8 Å². The van der Waals surface area contributed by atoms with Gasteiger partial charge in [0, 0.05) is 17.6 Å². The van der Waals surface area contributed by atoms with Crippen LogP contribution in [0.3, 0.4) is 0 Å². The summed E-state index contributed by atoms with van der Waals surface area (Å²) >= 11 is 4.59. The molecule has 0 spiro atoms. The van der Waals surface area contributed by atoms with Gasteiger partial charge < -0.3 is 0 Å². The van der Waals surface area contributed by atoms with Crippen molar-refractivity contribution in [1.29, 1.82) is 0 Å². The molecule has 1 aromatic carbocycles. The summed E-state index contributed by atoms with van der Waals surface area (Å²) in [7, 11) is -3.39. The molecular weight excluding hydrogens is 358 g/mol. The van der Waals surface area contributed by atoms with Crippen LogP contribution in [0.15, 0.2) is 44.4 Å². The van der Waals surface area contributed by atoms with E-state index in [1.165, 1.54) is 22.5 Å². The average molecular weight is 372 g/mol. The zero-order chi connectivity index (χ0) is 14.2. The summed E-state index contributed by atoms with van der Waals surface area (Å²) in [6.45, 7) is 1.09. The minimum absolute atomic E-state index is 0.406. The van der Waals surface area contributed by atoms with Gasteiger partial charge >= 0.3 is 0 Å². The van der Waals surface area contributed by atoms with Crippen molar-refractivity contribution in [3.05, 3.63) is 51.3 Å². The van der Waals surface area contributed by atoms with Crippen LogP contribution in [0.2, 0.25) is 0 Å². The molecule has 0 unspecified atom stereocenters. The first kappa shape index (κ1) is 14.3. The zero-order valence-corrected chi connectivity index (χ0v) is 14.0. The number of hydrogen-bond donors (Lipinski definition) is 0. The minimum atomic E-state index is -3.39. The Hall–Kier alpha value is -0.690. The predicted octanol–water partition coefficient (Wildman–Crippen LogP) is 3.30. The molecule has 0 saturated heterocycles. The second-order valence-corrected chi connectivity index (χ2v) is 8.63. The molecule has 1 aromatic heterocycles. The number of sulfonamides is 1. The molecule has 0 aliphatic carbocycles. The van der Waals surface area contributed by atoms with Crippen LogP contribution in [0.1, 0.15) is 11.1 Å². The molecule has 0 atom stereocenters. The number of thiophene rings is 1. The van der Waals surface area contributed by atoms with E-state index in [0.717, 1.165) is 12.8 Å². The maximum Gasteiger partial charge on any atom is 0.253 e. The van der Waals surface area contributed by atoms with Crippen molar-refractivity contribution < 1.29 is 8.42 Å². The molecule has 3 nitrogen and oxygen atoms in total. The second kappa shape index (κ2) is 5.60. The topological polar surface area (TPSA) is 37.4 Å². The van der Waals surface area contributed by atoms with Crippen LogP contribution in [0, 0.1) is 0 Å². The summed E-state index contributed by atoms with van der Waals surface area (Å²) in [5.41, 5.74) is 2.52. The van der Waals surface area contributed by atoms with Crippen LogP contribution in [-0.4, -0.2) is 25.8 Å². The normalized spacial score (nSPS) is 16.6. The fraction of sp³-hybridized carbons (Fsp3) is 0.286. The highest BCUT2D eigenvalue weighted by Gasteiger charge is 2.29. The van der Waals surface area contributed by atoms with Gasteiger partial charge in [0.2, 0.25) is 0 Å². The van der Waals surface area contributed by atoms with E-state index in [4.69, 9.17) is 0 Å². The van der Waals surface area contributed by atoms with Gasteiger partial charge in [0.05, 0.1) is 0 Å². The third-order valence-corrected chi connectivity index (χ3v) is 8.08. The van der Waals surface area contributed by atoms with E-state index in [-0.39, 0.29) is 0 Å². The van der Waals surface area contributed by atoms with Crippen molar-refractivity contribution in [2.24, 2.45) is 0 Å². The molecule has 3 rings (SSSR count). The SMILES string of the molecule is O=S(=O)(c1sccc1Br)N1CCc2ccccc2CC1. The number of hydrogen-bond acceptors (Lipinski definition) is 3. The molecule has 1 aliphatic rings. The van der Waals surface area contributed by atoms with E-state index in [1.807, 2.05) is 12.1 Å². The number of fused-ring (bicyclic) bond motifs is 1. The van der Waals surface area contributed by atoms with E-state index < -0.39 is 10.0 Å². The third kappa shape index (κ3) is 2.57. The van der Waals surface area contributed by atoms with E-state index in [2.05, 4.69) is 28.1 Å². The van der Waals surface area contributed by atoms with Gasteiger partial charge in [-0.2, -0.15) is 4.31 Å². The average Bonchev–Trinajstić information content (AvgIpc) is 2.75. The van der Waals surface area contributed by atoms with Crippen LogP contribution in [0.25, 0.3) is 0 Å². The van der Waals surface area contributed by atoms with Crippen LogP contribution in [-0.2, 0) is 22.9 Å². The lowest BCUT2D eigenvalue weighted by Gasteiger charge is -2.19. The van der Waals surface area contributed by atoms with Gasteiger partial charge in [0.25, 0.3) is 10.0 Å². The fourth-order valence-corrected chi connectivity index (χ4v) is 6.36. The largest absolute Gasteiger partial charge is 0.253 e. The first-order chi connectivity index (χ1) is 9.59. The Balaban J connectivity index is 1.89. The Morgan fingerprint density at radius 2 is 1.65 bits per heavy atom. The lowest BCUT2D eigenvalue weighted by Crippen LogP contribution is -2.33. The summed E-state index contributed by atoms with van der Waals surface area (Å²) in [6.07, 6.45) is 1.55. The molecular formula is C14H14BrNO2S2. The van der Waals surface area contributed by atoms with Gasteiger partial charge in [-0.25, -0.2) is 8.42 Å². The lowest BCUT2D eigenvalue weighted by molar-refractivity contribution is 0.428. The molecule has 2 heterocycles. The number of nitrogens with zero attached hydrogens (tertiary/aromatic N) is 1. The highest BCUT2D eigenvalue weighted by atomic mass is 79.9. The molecule has 0 saturated carbocycles. The zero-order valence-electron chi connectivity index (χ0n) is 10.8. The van der Waals surface area contributed by atoms with Crippen LogP contribution in [0.4, 0.5) is 0 Å². The Bertz CT molecular complexity index is 697. The molecule has 0 bridgehead atoms. The number of benzene rings is 1. The van der Waals surface area contributed by atoms with Crippen molar-refractivity contribution in [3.8, 4) is 0 Å². The van der Waals surface area contributed by atoms with Gasteiger partial charge in [0.1, 0.15) is 4.21 Å². The van der Waals surface area contributed by atoms with Gasteiger partial charge in [0.15, 0.2) is 0 Å². The van der Waals surface area contributed by atoms with Crippen molar-refractivity contribution in [1.82, 2.24) is 4.31 Å². The van der Waals surface area contributed by atoms with Gasteiger partial charge in [-0.05, 0) is 51.3 Å². The van der Waals surface area contributed by atoms with E-state index in [9.17, 15) is 8.42 Å². The monoisotopic (exact) mass is 371 g/mol. The molecule has 106 valence electrons. The van der Waals surface area contributed by atoms with Crippen LogP contribution < -0.4 is 0 Å².